The van der Waals surface area contributed by atoms with Gasteiger partial charge in [-0.1, -0.05) is 30.3 Å². The summed E-state index contributed by atoms with van der Waals surface area (Å²) in [7, 11) is 0. The van der Waals surface area contributed by atoms with Crippen molar-refractivity contribution in [3.8, 4) is 6.07 Å². The topological polar surface area (TPSA) is 23.8 Å². The Morgan fingerprint density at radius 1 is 1.38 bits per heavy atom. The SMILES string of the molecule is CC(SCCC#N)c1ccccc1. The Balaban J connectivity index is 2.41. The molecule has 13 heavy (non-hydrogen) atoms. The maximum atomic E-state index is 8.39. The molecule has 0 fully saturated rings. The maximum Gasteiger partial charge on any atom is 0.0630 e. The standard InChI is InChI=1S/C11H13NS/c1-10(13-9-5-8-12)11-6-3-2-4-7-11/h2-4,6-7,10H,5,9H2,1H3. The summed E-state index contributed by atoms with van der Waals surface area (Å²) in [5.74, 6) is 0.923. The molecule has 68 valence electrons. The minimum absolute atomic E-state index is 0.495. The van der Waals surface area contributed by atoms with E-state index in [1.54, 1.807) is 0 Å². The molecular weight excluding hydrogens is 178 g/mol. The molecular formula is C11H13NS. The molecule has 1 aromatic carbocycles. The van der Waals surface area contributed by atoms with Crippen LogP contribution in [0.4, 0.5) is 0 Å². The summed E-state index contributed by atoms with van der Waals surface area (Å²) in [5.41, 5.74) is 1.34. The third-order valence-electron chi connectivity index (χ3n) is 1.85. The number of hydrogen-bond donors (Lipinski definition) is 0. The van der Waals surface area contributed by atoms with Crippen molar-refractivity contribution < 1.29 is 0 Å². The fourth-order valence-electron chi connectivity index (χ4n) is 1.10. The van der Waals surface area contributed by atoms with Crippen LogP contribution in [-0.4, -0.2) is 5.75 Å². The normalized spacial score (nSPS) is 12.0. The largest absolute Gasteiger partial charge is 0.198 e. The summed E-state index contributed by atoms with van der Waals surface area (Å²) >= 11 is 1.83. The average molecular weight is 191 g/mol. The molecule has 0 aliphatic carbocycles. The molecule has 0 N–H and O–H groups in total. The molecule has 0 saturated carbocycles. The first-order valence-electron chi connectivity index (χ1n) is 4.38. The second-order valence-electron chi connectivity index (χ2n) is 2.83. The van der Waals surface area contributed by atoms with Crippen molar-refractivity contribution in [3.05, 3.63) is 35.9 Å². The van der Waals surface area contributed by atoms with E-state index >= 15 is 0 Å². The summed E-state index contributed by atoms with van der Waals surface area (Å²) < 4.78 is 0. The van der Waals surface area contributed by atoms with Crippen molar-refractivity contribution in [2.45, 2.75) is 18.6 Å². The van der Waals surface area contributed by atoms with Gasteiger partial charge in [0.2, 0.25) is 0 Å². The first-order chi connectivity index (χ1) is 6.34. The predicted octanol–water partition coefficient (Wildman–Crippen LogP) is 3.39. The highest BCUT2D eigenvalue weighted by molar-refractivity contribution is 7.99. The van der Waals surface area contributed by atoms with Gasteiger partial charge in [-0.05, 0) is 12.5 Å². The van der Waals surface area contributed by atoms with E-state index in [0.717, 1.165) is 5.75 Å². The lowest BCUT2D eigenvalue weighted by Gasteiger charge is -2.09. The fourth-order valence-corrected chi connectivity index (χ4v) is 2.01. The number of rotatable bonds is 4. The molecule has 0 radical (unpaired) electrons. The second kappa shape index (κ2) is 5.66. The molecule has 0 aliphatic heterocycles. The van der Waals surface area contributed by atoms with Gasteiger partial charge in [0, 0.05) is 17.4 Å². The number of nitriles is 1. The van der Waals surface area contributed by atoms with Gasteiger partial charge in [0.05, 0.1) is 6.07 Å². The predicted molar refractivity (Wildman–Crippen MR) is 57.5 cm³/mol. The summed E-state index contributed by atoms with van der Waals surface area (Å²) in [6.45, 7) is 2.18. The number of thioether (sulfide) groups is 1. The van der Waals surface area contributed by atoms with E-state index in [9.17, 15) is 0 Å². The van der Waals surface area contributed by atoms with E-state index in [0.29, 0.717) is 11.7 Å². The summed E-state index contributed by atoms with van der Waals surface area (Å²) in [4.78, 5) is 0. The van der Waals surface area contributed by atoms with E-state index in [4.69, 9.17) is 5.26 Å². The lowest BCUT2D eigenvalue weighted by Crippen LogP contribution is -1.88. The molecule has 1 rings (SSSR count). The van der Waals surface area contributed by atoms with Gasteiger partial charge in [-0.25, -0.2) is 0 Å². The first-order valence-corrected chi connectivity index (χ1v) is 5.43. The minimum atomic E-state index is 0.495. The van der Waals surface area contributed by atoms with E-state index in [1.165, 1.54) is 5.56 Å². The Morgan fingerprint density at radius 2 is 2.08 bits per heavy atom. The minimum Gasteiger partial charge on any atom is -0.198 e. The van der Waals surface area contributed by atoms with Gasteiger partial charge in [-0.15, -0.1) is 0 Å². The lowest BCUT2D eigenvalue weighted by atomic mass is 10.2. The fraction of sp³-hybridized carbons (Fsp3) is 0.364. The average Bonchev–Trinajstić information content (AvgIpc) is 2.19. The van der Waals surface area contributed by atoms with Crippen LogP contribution in [0, 0.1) is 11.3 Å². The highest BCUT2D eigenvalue weighted by Gasteiger charge is 2.03. The summed E-state index contributed by atoms with van der Waals surface area (Å²) in [5, 5.41) is 8.88. The van der Waals surface area contributed by atoms with Crippen LogP contribution < -0.4 is 0 Å². The van der Waals surface area contributed by atoms with Crippen molar-refractivity contribution in [1.29, 1.82) is 5.26 Å². The molecule has 0 aromatic heterocycles. The maximum absolute atomic E-state index is 8.39. The van der Waals surface area contributed by atoms with Crippen LogP contribution in [0.15, 0.2) is 30.3 Å². The molecule has 0 bridgehead atoms. The Bertz CT molecular complexity index is 276. The van der Waals surface area contributed by atoms with Gasteiger partial charge in [-0.3, -0.25) is 0 Å². The first kappa shape index (κ1) is 10.1. The van der Waals surface area contributed by atoms with Gasteiger partial charge in [0.15, 0.2) is 0 Å². The van der Waals surface area contributed by atoms with Crippen molar-refractivity contribution in [1.82, 2.24) is 0 Å². The van der Waals surface area contributed by atoms with E-state index < -0.39 is 0 Å². The molecule has 0 heterocycles. The highest BCUT2D eigenvalue weighted by Crippen LogP contribution is 2.27. The van der Waals surface area contributed by atoms with Crippen molar-refractivity contribution in [2.24, 2.45) is 0 Å². The molecule has 1 nitrogen and oxygen atoms in total. The van der Waals surface area contributed by atoms with Crippen LogP contribution in [-0.2, 0) is 0 Å². The molecule has 1 aromatic rings. The third kappa shape index (κ3) is 3.52. The summed E-state index contributed by atoms with van der Waals surface area (Å²) in [6, 6.07) is 12.5. The van der Waals surface area contributed by atoms with Gasteiger partial charge in [0.25, 0.3) is 0 Å². The number of benzene rings is 1. The van der Waals surface area contributed by atoms with Crippen molar-refractivity contribution in [2.75, 3.05) is 5.75 Å². The Labute approximate surface area is 83.8 Å². The van der Waals surface area contributed by atoms with Crippen LogP contribution in [0.1, 0.15) is 24.2 Å². The van der Waals surface area contributed by atoms with Crippen LogP contribution >= 0.6 is 11.8 Å². The van der Waals surface area contributed by atoms with Crippen LogP contribution in [0.25, 0.3) is 0 Å². The zero-order valence-electron chi connectivity index (χ0n) is 7.73. The van der Waals surface area contributed by atoms with Gasteiger partial charge < -0.3 is 0 Å². The summed E-state index contributed by atoms with van der Waals surface area (Å²) in [6.07, 6.45) is 0.641. The van der Waals surface area contributed by atoms with Gasteiger partial charge >= 0.3 is 0 Å². The van der Waals surface area contributed by atoms with E-state index in [1.807, 2.05) is 17.8 Å². The van der Waals surface area contributed by atoms with Gasteiger partial charge in [0.1, 0.15) is 0 Å². The zero-order chi connectivity index (χ0) is 9.52. The molecule has 0 aliphatic rings. The Morgan fingerprint density at radius 3 is 2.69 bits per heavy atom. The van der Waals surface area contributed by atoms with Crippen LogP contribution in [0.2, 0.25) is 0 Å². The molecule has 0 spiro atoms. The van der Waals surface area contributed by atoms with E-state index in [2.05, 4.69) is 37.3 Å². The molecule has 0 saturated heterocycles. The zero-order valence-corrected chi connectivity index (χ0v) is 8.55. The van der Waals surface area contributed by atoms with Gasteiger partial charge in [-0.2, -0.15) is 17.0 Å². The number of hydrogen-bond acceptors (Lipinski definition) is 2. The second-order valence-corrected chi connectivity index (χ2v) is 4.28. The Hall–Kier alpha value is -0.940. The van der Waals surface area contributed by atoms with Crippen LogP contribution in [0.5, 0.6) is 0 Å². The highest BCUT2D eigenvalue weighted by atomic mass is 32.2. The quantitative estimate of drug-likeness (QED) is 0.681. The number of nitrogens with zero attached hydrogens (tertiary/aromatic N) is 1. The Kier molecular flexibility index (Phi) is 4.42. The monoisotopic (exact) mass is 191 g/mol. The molecule has 2 heteroatoms. The lowest BCUT2D eigenvalue weighted by molar-refractivity contribution is 1.09. The molecule has 0 amide bonds. The molecule has 1 unspecified atom stereocenters. The molecule has 1 atom stereocenters. The van der Waals surface area contributed by atoms with Crippen LogP contribution in [0.3, 0.4) is 0 Å². The smallest absolute Gasteiger partial charge is 0.0630 e. The van der Waals surface area contributed by atoms with Crippen molar-refractivity contribution in [3.63, 3.8) is 0 Å². The van der Waals surface area contributed by atoms with E-state index in [-0.39, 0.29) is 0 Å². The van der Waals surface area contributed by atoms with Crippen molar-refractivity contribution >= 4 is 11.8 Å². The third-order valence-corrected chi connectivity index (χ3v) is 3.06.